The molecule has 4 heteroatoms. The van der Waals surface area contributed by atoms with Gasteiger partial charge in [0.1, 0.15) is 12.3 Å². The van der Waals surface area contributed by atoms with Gasteiger partial charge in [-0.3, -0.25) is 0 Å². The summed E-state index contributed by atoms with van der Waals surface area (Å²) in [5.74, 6) is 0.201. The molecule has 0 amide bonds. The summed E-state index contributed by atoms with van der Waals surface area (Å²) in [4.78, 5) is 12.4. The topological polar surface area (TPSA) is 67.0 Å². The van der Waals surface area contributed by atoms with Gasteiger partial charge in [-0.15, -0.1) is 0 Å². The molecule has 0 saturated heterocycles. The minimum Gasteiger partial charge on any atom is -0.507 e. The number of benzene rings is 2. The Bertz CT molecular complexity index is 976. The number of hydrogen-bond acceptors (Lipinski definition) is 3. The van der Waals surface area contributed by atoms with E-state index in [1.54, 1.807) is 6.07 Å². The molecule has 3 N–H and O–H groups in total. The van der Waals surface area contributed by atoms with Gasteiger partial charge in [-0.25, -0.2) is 4.79 Å². The highest BCUT2D eigenvalue weighted by Gasteiger charge is 2.21. The first-order valence-corrected chi connectivity index (χ1v) is 9.39. The average Bonchev–Trinajstić information content (AvgIpc) is 2.68. The average molecular weight is 350 g/mol. The van der Waals surface area contributed by atoms with Crippen molar-refractivity contribution < 1.29 is 14.8 Å². The van der Waals surface area contributed by atoms with Crippen LogP contribution in [0.1, 0.15) is 35.1 Å². The van der Waals surface area contributed by atoms with Crippen molar-refractivity contribution in [2.75, 3.05) is 6.54 Å². The maximum absolute atomic E-state index is 12.4. The number of aromatic hydroxyl groups is 1. The van der Waals surface area contributed by atoms with Crippen LogP contribution in [0, 0.1) is 0 Å². The molecule has 4 rings (SSSR count). The summed E-state index contributed by atoms with van der Waals surface area (Å²) in [5.41, 5.74) is 4.30. The maximum atomic E-state index is 12.4. The first kappa shape index (κ1) is 16.9. The van der Waals surface area contributed by atoms with E-state index < -0.39 is 0 Å². The molecular weight excluding hydrogens is 326 g/mol. The fourth-order valence-corrected chi connectivity index (χ4v) is 3.91. The summed E-state index contributed by atoms with van der Waals surface area (Å²) in [6.45, 7) is 1.51. The van der Waals surface area contributed by atoms with Crippen LogP contribution in [0.3, 0.4) is 0 Å². The summed E-state index contributed by atoms with van der Waals surface area (Å²) in [5, 5.41) is 13.5. The Morgan fingerprint density at radius 3 is 2.58 bits per heavy atom. The van der Waals surface area contributed by atoms with E-state index in [0.717, 1.165) is 60.7 Å². The third-order valence-electron chi connectivity index (χ3n) is 5.30. The number of quaternary nitrogens is 1. The van der Waals surface area contributed by atoms with Crippen molar-refractivity contribution >= 4 is 11.0 Å². The molecule has 0 aliphatic heterocycles. The molecule has 0 atom stereocenters. The maximum Gasteiger partial charge on any atom is 0.339 e. The van der Waals surface area contributed by atoms with Crippen molar-refractivity contribution in [1.82, 2.24) is 0 Å². The van der Waals surface area contributed by atoms with Gasteiger partial charge in [0.05, 0.1) is 12.1 Å². The van der Waals surface area contributed by atoms with E-state index in [-0.39, 0.29) is 11.4 Å². The van der Waals surface area contributed by atoms with Crippen LogP contribution in [0.25, 0.3) is 11.0 Å². The summed E-state index contributed by atoms with van der Waals surface area (Å²) in [7, 11) is 0. The zero-order valence-electron chi connectivity index (χ0n) is 14.8. The zero-order chi connectivity index (χ0) is 17.9. The number of phenols is 1. The molecule has 0 bridgehead atoms. The van der Waals surface area contributed by atoms with E-state index in [4.69, 9.17) is 4.42 Å². The minimum absolute atomic E-state index is 0.201. The van der Waals surface area contributed by atoms with Crippen molar-refractivity contribution in [3.63, 3.8) is 0 Å². The van der Waals surface area contributed by atoms with Gasteiger partial charge in [0, 0.05) is 17.4 Å². The number of rotatable bonds is 5. The number of aryl methyl sites for hydroxylation is 1. The van der Waals surface area contributed by atoms with Gasteiger partial charge >= 0.3 is 5.63 Å². The number of hydrogen-bond donors (Lipinski definition) is 2. The largest absolute Gasteiger partial charge is 0.507 e. The molecule has 134 valence electrons. The number of phenolic OH excluding ortho intramolecular Hbond substituents is 1. The first-order valence-electron chi connectivity index (χ1n) is 9.39. The molecule has 3 aromatic rings. The standard InChI is InChI=1S/C22H23NO3/c24-20-11-10-17-16-8-4-5-9-18(16)22(25)26-21(17)19(20)14-23-13-12-15-6-2-1-3-7-15/h1-3,6-7,10-11,23-24H,4-5,8-9,12-14H2/p+1. The molecule has 1 aliphatic carbocycles. The molecule has 1 aliphatic rings. The molecule has 0 fully saturated rings. The van der Waals surface area contributed by atoms with Gasteiger partial charge in [0.25, 0.3) is 0 Å². The monoisotopic (exact) mass is 350 g/mol. The van der Waals surface area contributed by atoms with Crippen LogP contribution in [-0.2, 0) is 25.8 Å². The second-order valence-corrected chi connectivity index (χ2v) is 7.01. The highest BCUT2D eigenvalue weighted by molar-refractivity contribution is 5.86. The van der Waals surface area contributed by atoms with Crippen LogP contribution in [0.2, 0.25) is 0 Å². The Morgan fingerprint density at radius 1 is 1.00 bits per heavy atom. The van der Waals surface area contributed by atoms with E-state index in [2.05, 4.69) is 17.4 Å². The number of fused-ring (bicyclic) bond motifs is 3. The van der Waals surface area contributed by atoms with Crippen LogP contribution in [0.4, 0.5) is 0 Å². The Hall–Kier alpha value is -2.59. The van der Waals surface area contributed by atoms with E-state index in [1.807, 2.05) is 24.3 Å². The quantitative estimate of drug-likeness (QED) is 0.549. The van der Waals surface area contributed by atoms with Gasteiger partial charge in [-0.05, 0) is 48.9 Å². The van der Waals surface area contributed by atoms with Gasteiger partial charge in [0.2, 0.25) is 0 Å². The lowest BCUT2D eigenvalue weighted by atomic mass is 9.90. The van der Waals surface area contributed by atoms with E-state index in [9.17, 15) is 9.90 Å². The summed E-state index contributed by atoms with van der Waals surface area (Å²) >= 11 is 0. The van der Waals surface area contributed by atoms with Crippen molar-refractivity contribution in [1.29, 1.82) is 0 Å². The lowest BCUT2D eigenvalue weighted by Crippen LogP contribution is -2.83. The van der Waals surface area contributed by atoms with Crippen molar-refractivity contribution in [3.8, 4) is 5.75 Å². The van der Waals surface area contributed by atoms with Crippen molar-refractivity contribution in [2.24, 2.45) is 0 Å². The number of nitrogens with two attached hydrogens (primary N) is 1. The fraction of sp³-hybridized carbons (Fsp3) is 0.318. The van der Waals surface area contributed by atoms with Crippen LogP contribution in [0.15, 0.2) is 51.7 Å². The smallest absolute Gasteiger partial charge is 0.339 e. The van der Waals surface area contributed by atoms with E-state index in [1.165, 1.54) is 5.56 Å². The van der Waals surface area contributed by atoms with Gasteiger partial charge in [0.15, 0.2) is 5.58 Å². The molecule has 4 nitrogen and oxygen atoms in total. The molecule has 2 aromatic carbocycles. The summed E-state index contributed by atoms with van der Waals surface area (Å²) < 4.78 is 5.65. The third kappa shape index (κ3) is 3.25. The predicted molar refractivity (Wildman–Crippen MR) is 101 cm³/mol. The Labute approximate surface area is 152 Å². The molecule has 26 heavy (non-hydrogen) atoms. The van der Waals surface area contributed by atoms with Gasteiger partial charge < -0.3 is 14.8 Å². The van der Waals surface area contributed by atoms with Crippen LogP contribution < -0.4 is 10.9 Å². The Morgan fingerprint density at radius 2 is 1.77 bits per heavy atom. The van der Waals surface area contributed by atoms with Gasteiger partial charge in [-0.2, -0.15) is 0 Å². The first-order chi connectivity index (χ1) is 12.7. The molecular formula is C22H24NO3+. The molecule has 1 aromatic heterocycles. The fourth-order valence-electron chi connectivity index (χ4n) is 3.91. The van der Waals surface area contributed by atoms with Crippen molar-refractivity contribution in [3.05, 3.63) is 75.1 Å². The zero-order valence-corrected chi connectivity index (χ0v) is 14.8. The molecule has 0 saturated carbocycles. The van der Waals surface area contributed by atoms with Crippen LogP contribution in [0.5, 0.6) is 5.75 Å². The second kappa shape index (κ2) is 7.34. The predicted octanol–water partition coefficient (Wildman–Crippen LogP) is 2.68. The lowest BCUT2D eigenvalue weighted by Gasteiger charge is -2.17. The minimum atomic E-state index is -0.233. The Kier molecular flexibility index (Phi) is 4.76. The van der Waals surface area contributed by atoms with Gasteiger partial charge in [-0.1, -0.05) is 30.3 Å². The lowest BCUT2D eigenvalue weighted by molar-refractivity contribution is -0.670. The van der Waals surface area contributed by atoms with Crippen LogP contribution >= 0.6 is 0 Å². The SMILES string of the molecule is O=c1oc2c(C[NH2+]CCc3ccccc3)c(O)ccc2c2c1CCCC2. The van der Waals surface area contributed by atoms with E-state index in [0.29, 0.717) is 12.1 Å². The van der Waals surface area contributed by atoms with E-state index >= 15 is 0 Å². The highest BCUT2D eigenvalue weighted by Crippen LogP contribution is 2.32. The second-order valence-electron chi connectivity index (χ2n) is 7.01. The molecule has 1 heterocycles. The molecule has 0 radical (unpaired) electrons. The Balaban J connectivity index is 1.59. The summed E-state index contributed by atoms with van der Waals surface area (Å²) in [6, 6.07) is 14.0. The van der Waals surface area contributed by atoms with Crippen molar-refractivity contribution in [2.45, 2.75) is 38.6 Å². The normalized spacial score (nSPS) is 13.7. The summed E-state index contributed by atoms with van der Waals surface area (Å²) in [6.07, 6.45) is 4.82. The molecule has 0 spiro atoms. The highest BCUT2D eigenvalue weighted by atomic mass is 16.4. The molecule has 0 unspecified atom stereocenters. The third-order valence-corrected chi connectivity index (χ3v) is 5.30. The van der Waals surface area contributed by atoms with Crippen LogP contribution in [-0.4, -0.2) is 11.7 Å².